The summed E-state index contributed by atoms with van der Waals surface area (Å²) < 4.78 is 3.09. The summed E-state index contributed by atoms with van der Waals surface area (Å²) in [6.45, 7) is 10.3. The third-order valence-corrected chi connectivity index (χ3v) is 5.97. The Hall–Kier alpha value is -3.15. The Morgan fingerprint density at radius 2 is 2.00 bits per heavy atom. The molecule has 3 aromatic heterocycles. The number of nitrogens with two attached hydrogens (primary N) is 1. The zero-order valence-electron chi connectivity index (χ0n) is 19.6. The highest BCUT2D eigenvalue weighted by Crippen LogP contribution is 2.23. The van der Waals surface area contributed by atoms with Crippen molar-refractivity contribution in [3.05, 3.63) is 38.3 Å². The molecule has 0 aromatic carbocycles. The van der Waals surface area contributed by atoms with Crippen LogP contribution in [0.15, 0.2) is 20.8 Å². The second kappa shape index (κ2) is 10.2. The monoisotopic (exact) mass is 474 g/mol. The van der Waals surface area contributed by atoms with Crippen LogP contribution < -0.4 is 21.9 Å². The van der Waals surface area contributed by atoms with Crippen LogP contribution in [0, 0.1) is 19.8 Å². The summed E-state index contributed by atoms with van der Waals surface area (Å²) >= 11 is 1.21. The number of anilines is 2. The van der Waals surface area contributed by atoms with Gasteiger partial charge >= 0.3 is 5.69 Å². The molecule has 12 heteroatoms. The number of nitrogens with zero attached hydrogens (tertiary/aromatic N) is 6. The number of hydrogen-bond donors (Lipinski definition) is 2. The molecule has 0 saturated carbocycles. The van der Waals surface area contributed by atoms with Gasteiger partial charge in [-0.05, 0) is 32.3 Å². The maximum atomic E-state index is 13.3. The number of thioether (sulfide) groups is 1. The number of fused-ring (bicyclic) bond motifs is 1. The van der Waals surface area contributed by atoms with Gasteiger partial charge in [0.1, 0.15) is 5.82 Å². The lowest BCUT2D eigenvalue weighted by Crippen LogP contribution is -2.42. The summed E-state index contributed by atoms with van der Waals surface area (Å²) in [5.74, 6) is 0.290. The van der Waals surface area contributed by atoms with Crippen molar-refractivity contribution in [2.75, 3.05) is 22.9 Å². The average Bonchev–Trinajstić information content (AvgIpc) is 3.14. The number of hydrogen-bond acceptors (Lipinski definition) is 8. The summed E-state index contributed by atoms with van der Waals surface area (Å²) in [6.07, 6.45) is 1.49. The van der Waals surface area contributed by atoms with Gasteiger partial charge in [0, 0.05) is 24.5 Å². The van der Waals surface area contributed by atoms with Crippen molar-refractivity contribution in [1.82, 2.24) is 29.1 Å². The number of H-pyrrole nitrogens is 1. The lowest BCUT2D eigenvalue weighted by atomic mass is 10.2. The lowest BCUT2D eigenvalue weighted by molar-refractivity contribution is -0.116. The molecular formula is C21H30N8O3S. The van der Waals surface area contributed by atoms with E-state index in [0.29, 0.717) is 30.4 Å². The van der Waals surface area contributed by atoms with E-state index in [9.17, 15) is 14.4 Å². The van der Waals surface area contributed by atoms with Crippen LogP contribution in [0.2, 0.25) is 0 Å². The van der Waals surface area contributed by atoms with Gasteiger partial charge in [-0.15, -0.1) is 10.2 Å². The van der Waals surface area contributed by atoms with Crippen molar-refractivity contribution in [2.24, 2.45) is 5.92 Å². The van der Waals surface area contributed by atoms with Gasteiger partial charge in [0.25, 0.3) is 11.3 Å². The first-order valence-corrected chi connectivity index (χ1v) is 11.9. The second-order valence-corrected chi connectivity index (χ2v) is 9.28. The quantitative estimate of drug-likeness (QED) is 0.446. The first-order chi connectivity index (χ1) is 15.6. The van der Waals surface area contributed by atoms with Gasteiger partial charge in [-0.3, -0.25) is 23.5 Å². The predicted molar refractivity (Wildman–Crippen MR) is 129 cm³/mol. The van der Waals surface area contributed by atoms with Gasteiger partial charge in [-0.1, -0.05) is 39.0 Å². The number of nitrogen functional groups attached to an aromatic ring is 1. The number of carbonyl (C=O) groups is 1. The number of amides is 1. The molecule has 3 rings (SSSR count). The number of carbonyl (C=O) groups excluding carboxylic acids is 1. The molecule has 11 nitrogen and oxygen atoms in total. The van der Waals surface area contributed by atoms with Gasteiger partial charge < -0.3 is 10.6 Å². The predicted octanol–water partition coefficient (Wildman–Crippen LogP) is 1.75. The molecule has 3 aromatic rings. The molecule has 0 unspecified atom stereocenters. The third-order valence-electron chi connectivity index (χ3n) is 5.06. The van der Waals surface area contributed by atoms with Gasteiger partial charge in [0.2, 0.25) is 5.91 Å². The maximum Gasteiger partial charge on any atom is 0.330 e. The molecule has 0 radical (unpaired) electrons. The number of aryl methyl sites for hydroxylation is 2. The van der Waals surface area contributed by atoms with E-state index >= 15 is 0 Å². The molecule has 3 heterocycles. The van der Waals surface area contributed by atoms with Crippen LogP contribution in [0.4, 0.5) is 11.5 Å². The summed E-state index contributed by atoms with van der Waals surface area (Å²) in [5.41, 5.74) is 6.74. The van der Waals surface area contributed by atoms with Crippen molar-refractivity contribution < 1.29 is 4.79 Å². The normalized spacial score (nSPS) is 11.5. The molecule has 33 heavy (non-hydrogen) atoms. The van der Waals surface area contributed by atoms with Crippen LogP contribution in [-0.4, -0.2) is 47.3 Å². The smallest absolute Gasteiger partial charge is 0.330 e. The average molecular weight is 475 g/mol. The Balaban J connectivity index is 1.93. The Bertz CT molecular complexity index is 1280. The number of aromatic amines is 1. The highest BCUT2D eigenvalue weighted by molar-refractivity contribution is 7.99. The van der Waals surface area contributed by atoms with Crippen molar-refractivity contribution in [3.63, 3.8) is 0 Å². The Morgan fingerprint density at radius 3 is 2.67 bits per heavy atom. The minimum atomic E-state index is -0.671. The molecule has 0 atom stereocenters. The van der Waals surface area contributed by atoms with Crippen LogP contribution in [-0.2, 0) is 11.3 Å². The largest absolute Gasteiger partial charge is 0.383 e. The van der Waals surface area contributed by atoms with Crippen LogP contribution in [0.5, 0.6) is 0 Å². The fraction of sp³-hybridized carbons (Fsp3) is 0.524. The number of rotatable bonds is 9. The van der Waals surface area contributed by atoms with E-state index < -0.39 is 11.2 Å². The minimum absolute atomic E-state index is 0.00431. The van der Waals surface area contributed by atoms with Gasteiger partial charge in [-0.2, -0.15) is 0 Å². The van der Waals surface area contributed by atoms with E-state index in [1.54, 1.807) is 4.40 Å². The summed E-state index contributed by atoms with van der Waals surface area (Å²) in [6, 6.07) is 1.91. The van der Waals surface area contributed by atoms with Crippen molar-refractivity contribution >= 4 is 35.0 Å². The van der Waals surface area contributed by atoms with E-state index in [1.165, 1.54) is 21.2 Å². The van der Waals surface area contributed by atoms with Crippen LogP contribution >= 0.6 is 11.8 Å². The topological polar surface area (TPSA) is 144 Å². The van der Waals surface area contributed by atoms with Crippen LogP contribution in [0.3, 0.4) is 0 Å². The minimum Gasteiger partial charge on any atom is -0.383 e. The lowest BCUT2D eigenvalue weighted by Gasteiger charge is -2.24. The third kappa shape index (κ3) is 5.27. The molecule has 0 bridgehead atoms. The summed E-state index contributed by atoms with van der Waals surface area (Å²) in [7, 11) is 0. The number of nitrogens with one attached hydrogen (secondary N) is 1. The first-order valence-electron chi connectivity index (χ1n) is 10.9. The SMILES string of the molecule is CCCCN(C(=O)CSc1nnc2nc(C)cc(C)n12)c1c(N)n(CC(C)C)c(=O)[nH]c1=O. The molecule has 1 amide bonds. The highest BCUT2D eigenvalue weighted by Gasteiger charge is 2.25. The molecule has 0 aliphatic heterocycles. The molecule has 0 aliphatic carbocycles. The summed E-state index contributed by atoms with van der Waals surface area (Å²) in [4.78, 5) is 46.3. The Labute approximate surface area is 195 Å². The first kappa shape index (κ1) is 24.5. The zero-order chi connectivity index (χ0) is 24.3. The molecule has 3 N–H and O–H groups in total. The Morgan fingerprint density at radius 1 is 1.27 bits per heavy atom. The van der Waals surface area contributed by atoms with E-state index in [4.69, 9.17) is 5.73 Å². The molecule has 178 valence electrons. The fourth-order valence-electron chi connectivity index (χ4n) is 3.56. The molecule has 0 saturated heterocycles. The molecule has 0 fully saturated rings. The molecular weight excluding hydrogens is 444 g/mol. The summed E-state index contributed by atoms with van der Waals surface area (Å²) in [5, 5.41) is 8.79. The van der Waals surface area contributed by atoms with Gasteiger partial charge in [0.15, 0.2) is 10.8 Å². The molecule has 0 aliphatic rings. The molecule has 0 spiro atoms. The van der Waals surface area contributed by atoms with Crippen molar-refractivity contribution in [2.45, 2.75) is 59.2 Å². The maximum absolute atomic E-state index is 13.3. The van der Waals surface area contributed by atoms with Crippen LogP contribution in [0.25, 0.3) is 5.78 Å². The van der Waals surface area contributed by atoms with E-state index in [-0.39, 0.29) is 29.1 Å². The second-order valence-electron chi connectivity index (χ2n) is 8.34. The van der Waals surface area contributed by atoms with Gasteiger partial charge in [-0.25, -0.2) is 9.78 Å². The van der Waals surface area contributed by atoms with E-state index in [1.807, 2.05) is 40.7 Å². The highest BCUT2D eigenvalue weighted by atomic mass is 32.2. The van der Waals surface area contributed by atoms with Gasteiger partial charge in [0.05, 0.1) is 5.75 Å². The zero-order valence-corrected chi connectivity index (χ0v) is 20.4. The standard InChI is InChI=1S/C21H30N8O3S/c1-6-7-8-27(16-17(22)28(10-12(2)3)20(32)24-18(16)31)15(30)11-33-21-26-25-19-23-13(4)9-14(5)29(19)21/h9,12H,6-8,10-11,22H2,1-5H3,(H,24,31,32). The van der Waals surface area contributed by atoms with E-state index in [2.05, 4.69) is 20.2 Å². The number of aromatic nitrogens is 6. The fourth-order valence-corrected chi connectivity index (χ4v) is 4.42. The van der Waals surface area contributed by atoms with Crippen LogP contribution in [0.1, 0.15) is 45.0 Å². The van der Waals surface area contributed by atoms with Crippen molar-refractivity contribution in [3.8, 4) is 0 Å². The van der Waals surface area contributed by atoms with E-state index in [0.717, 1.165) is 17.8 Å². The van der Waals surface area contributed by atoms with Crippen molar-refractivity contribution in [1.29, 1.82) is 0 Å². The number of unbranched alkanes of at least 4 members (excludes halogenated alkanes) is 1. The Kier molecular flexibility index (Phi) is 7.57.